The monoisotopic (exact) mass is 239 g/mol. The Hall–Kier alpha value is -1.30. The normalized spacial score (nSPS) is 12.4. The molecule has 1 heterocycles. The summed E-state index contributed by atoms with van der Waals surface area (Å²) in [5, 5.41) is 0. The van der Waals surface area contributed by atoms with Crippen molar-refractivity contribution in [3.63, 3.8) is 0 Å². The molecule has 0 unspecified atom stereocenters. The fraction of sp³-hybridized carbons (Fsp3) is 0. The van der Waals surface area contributed by atoms with Gasteiger partial charge >= 0.3 is 0 Å². The topological polar surface area (TPSA) is 0 Å². The second kappa shape index (κ2) is 3.93. The van der Waals surface area contributed by atoms with E-state index < -0.39 is 0 Å². The third-order valence-corrected chi connectivity index (χ3v) is 5.01. The second-order valence-corrected chi connectivity index (χ2v) is 5.54. The highest BCUT2D eigenvalue weighted by Gasteiger charge is 2.18. The standard InChI is InChI=1S/C14H7S2/c1-2-10-6-5-9-13-14(10)16-12-8-4-3-7-11(12)15-13/h3-9H. The van der Waals surface area contributed by atoms with E-state index in [1.165, 1.54) is 14.7 Å². The zero-order chi connectivity index (χ0) is 11.0. The van der Waals surface area contributed by atoms with E-state index in [-0.39, 0.29) is 0 Å². The van der Waals surface area contributed by atoms with E-state index in [1.807, 2.05) is 18.2 Å². The molecule has 1 aliphatic heterocycles. The van der Waals surface area contributed by atoms with Crippen molar-refractivity contribution in [2.45, 2.75) is 19.6 Å². The maximum Gasteiger partial charge on any atom is 0.0419 e. The molecule has 2 aromatic carbocycles. The Kier molecular flexibility index (Phi) is 2.43. The van der Waals surface area contributed by atoms with Crippen LogP contribution in [0.3, 0.4) is 0 Å². The molecule has 2 aromatic rings. The predicted octanol–water partition coefficient (Wildman–Crippen LogP) is 4.24. The second-order valence-electron chi connectivity index (χ2n) is 3.41. The summed E-state index contributed by atoms with van der Waals surface area (Å²) in [6.45, 7) is 0. The first-order chi connectivity index (χ1) is 7.88. The van der Waals surface area contributed by atoms with Crippen LogP contribution in [0.2, 0.25) is 0 Å². The summed E-state index contributed by atoms with van der Waals surface area (Å²) in [4.78, 5) is 4.94. The van der Waals surface area contributed by atoms with Crippen molar-refractivity contribution in [3.05, 3.63) is 54.5 Å². The highest BCUT2D eigenvalue weighted by Crippen LogP contribution is 2.49. The Bertz CT molecular complexity index is 594. The Morgan fingerprint density at radius 2 is 1.50 bits per heavy atom. The lowest BCUT2D eigenvalue weighted by atomic mass is 10.2. The molecule has 0 saturated carbocycles. The maximum absolute atomic E-state index is 7.30. The third-order valence-electron chi connectivity index (χ3n) is 2.39. The molecule has 0 N–H and O–H groups in total. The predicted molar refractivity (Wildman–Crippen MR) is 67.4 cm³/mol. The van der Waals surface area contributed by atoms with Crippen LogP contribution >= 0.6 is 23.5 Å². The van der Waals surface area contributed by atoms with Crippen LogP contribution in [0.5, 0.6) is 0 Å². The number of benzene rings is 2. The zero-order valence-corrected chi connectivity index (χ0v) is 9.99. The molecule has 16 heavy (non-hydrogen) atoms. The molecule has 2 heteroatoms. The number of hydrogen-bond donors (Lipinski definition) is 0. The van der Waals surface area contributed by atoms with Gasteiger partial charge < -0.3 is 0 Å². The van der Waals surface area contributed by atoms with Gasteiger partial charge in [0, 0.05) is 25.1 Å². The summed E-state index contributed by atoms with van der Waals surface area (Å²) in [7, 11) is 0. The minimum atomic E-state index is 0.879. The summed E-state index contributed by atoms with van der Waals surface area (Å²) >= 11 is 3.50. The first-order valence-electron chi connectivity index (χ1n) is 4.89. The van der Waals surface area contributed by atoms with Crippen LogP contribution in [0, 0.1) is 12.3 Å². The molecule has 0 amide bonds. The van der Waals surface area contributed by atoms with Crippen molar-refractivity contribution in [1.29, 1.82) is 0 Å². The average Bonchev–Trinajstić information content (AvgIpc) is 2.35. The third kappa shape index (κ3) is 1.53. The summed E-state index contributed by atoms with van der Waals surface area (Å²) in [6, 6.07) is 14.4. The fourth-order valence-electron chi connectivity index (χ4n) is 1.65. The maximum atomic E-state index is 7.30. The van der Waals surface area contributed by atoms with Crippen molar-refractivity contribution >= 4 is 23.5 Å². The zero-order valence-electron chi connectivity index (χ0n) is 8.36. The van der Waals surface area contributed by atoms with Gasteiger partial charge in [0.15, 0.2) is 0 Å². The molecule has 1 radical (unpaired) electrons. The largest absolute Gasteiger partial charge is 0.0877 e. The summed E-state index contributed by atoms with van der Waals surface area (Å²) in [5.74, 6) is 2.50. The first-order valence-corrected chi connectivity index (χ1v) is 6.52. The molecule has 75 valence electrons. The molecule has 0 spiro atoms. The van der Waals surface area contributed by atoms with Gasteiger partial charge in [-0.2, -0.15) is 0 Å². The molecule has 3 rings (SSSR count). The summed E-state index contributed by atoms with van der Waals surface area (Å²) < 4.78 is 0. The molecule has 0 atom stereocenters. The van der Waals surface area contributed by atoms with E-state index in [0.29, 0.717) is 0 Å². The number of hydrogen-bond acceptors (Lipinski definition) is 2. The van der Waals surface area contributed by atoms with Gasteiger partial charge in [-0.3, -0.25) is 0 Å². The van der Waals surface area contributed by atoms with Crippen molar-refractivity contribution < 1.29 is 0 Å². The van der Waals surface area contributed by atoms with Gasteiger partial charge in [-0.15, -0.1) is 0 Å². The number of rotatable bonds is 0. The molecular formula is C14H7S2. The van der Waals surface area contributed by atoms with Crippen LogP contribution in [-0.4, -0.2) is 0 Å². The van der Waals surface area contributed by atoms with E-state index in [9.17, 15) is 0 Å². The average molecular weight is 239 g/mol. The Morgan fingerprint density at radius 3 is 2.25 bits per heavy atom. The van der Waals surface area contributed by atoms with Gasteiger partial charge in [-0.25, -0.2) is 0 Å². The lowest BCUT2D eigenvalue weighted by Gasteiger charge is -2.18. The highest BCUT2D eigenvalue weighted by atomic mass is 32.2. The van der Waals surface area contributed by atoms with Crippen LogP contribution in [0.25, 0.3) is 0 Å². The van der Waals surface area contributed by atoms with Gasteiger partial charge in [0.2, 0.25) is 0 Å². The van der Waals surface area contributed by atoms with Gasteiger partial charge in [0.05, 0.1) is 0 Å². The lowest BCUT2D eigenvalue weighted by Crippen LogP contribution is -1.91. The van der Waals surface area contributed by atoms with E-state index >= 15 is 0 Å². The first kappa shape index (κ1) is 9.89. The molecule has 0 nitrogen and oxygen atoms in total. The van der Waals surface area contributed by atoms with Crippen LogP contribution < -0.4 is 0 Å². The van der Waals surface area contributed by atoms with Crippen molar-refractivity contribution in [2.24, 2.45) is 0 Å². The van der Waals surface area contributed by atoms with Gasteiger partial charge in [-0.1, -0.05) is 47.6 Å². The minimum absolute atomic E-state index is 0.879. The molecule has 0 saturated heterocycles. The Morgan fingerprint density at radius 1 is 0.812 bits per heavy atom. The quantitative estimate of drug-likeness (QED) is 0.538. The molecule has 0 fully saturated rings. The molecule has 0 aliphatic carbocycles. The number of fused-ring (bicyclic) bond motifs is 2. The minimum Gasteiger partial charge on any atom is -0.0877 e. The Labute approximate surface area is 103 Å². The molecule has 1 aliphatic rings. The van der Waals surface area contributed by atoms with E-state index in [1.54, 1.807) is 23.5 Å². The van der Waals surface area contributed by atoms with E-state index in [2.05, 4.69) is 30.2 Å². The van der Waals surface area contributed by atoms with Crippen LogP contribution in [-0.2, 0) is 0 Å². The van der Waals surface area contributed by atoms with Crippen LogP contribution in [0.15, 0.2) is 62.0 Å². The fourth-order valence-corrected chi connectivity index (χ4v) is 3.98. The molecular weight excluding hydrogens is 232 g/mol. The van der Waals surface area contributed by atoms with Gasteiger partial charge in [0.1, 0.15) is 0 Å². The van der Waals surface area contributed by atoms with Gasteiger partial charge in [-0.05, 0) is 30.7 Å². The van der Waals surface area contributed by atoms with Crippen LogP contribution in [0.1, 0.15) is 5.56 Å². The van der Waals surface area contributed by atoms with Crippen molar-refractivity contribution in [1.82, 2.24) is 0 Å². The lowest BCUT2D eigenvalue weighted by molar-refractivity contribution is 1.15. The highest BCUT2D eigenvalue weighted by molar-refractivity contribution is 8.05. The van der Waals surface area contributed by atoms with E-state index in [0.717, 1.165) is 10.5 Å². The van der Waals surface area contributed by atoms with E-state index in [4.69, 9.17) is 6.42 Å². The smallest absolute Gasteiger partial charge is 0.0419 e. The van der Waals surface area contributed by atoms with Crippen LogP contribution in [0.4, 0.5) is 0 Å². The molecule has 0 bridgehead atoms. The SMILES string of the molecule is [C]#Cc1cccc2c1Sc1ccccc1S2. The van der Waals surface area contributed by atoms with Gasteiger partial charge in [0.25, 0.3) is 0 Å². The summed E-state index contributed by atoms with van der Waals surface area (Å²) in [6.07, 6.45) is 7.30. The van der Waals surface area contributed by atoms with Crippen molar-refractivity contribution in [3.8, 4) is 5.92 Å². The summed E-state index contributed by atoms with van der Waals surface area (Å²) in [5.41, 5.74) is 0.879. The Balaban J connectivity index is 2.16. The molecule has 0 aromatic heterocycles. The van der Waals surface area contributed by atoms with Crippen molar-refractivity contribution in [2.75, 3.05) is 0 Å².